The lowest BCUT2D eigenvalue weighted by atomic mass is 9.94. The van der Waals surface area contributed by atoms with Gasteiger partial charge in [-0.05, 0) is 37.5 Å². The lowest BCUT2D eigenvalue weighted by Crippen LogP contribution is -2.29. The molecular weight excluding hydrogens is 248 g/mol. The van der Waals surface area contributed by atoms with Gasteiger partial charge in [-0.15, -0.1) is 0 Å². The molecule has 0 aromatic heterocycles. The van der Waals surface area contributed by atoms with Crippen LogP contribution in [0.2, 0.25) is 0 Å². The van der Waals surface area contributed by atoms with E-state index in [0.29, 0.717) is 0 Å². The summed E-state index contributed by atoms with van der Waals surface area (Å²) in [5.41, 5.74) is 6.64. The minimum absolute atomic E-state index is 0.173. The standard InChI is InChI=1S/C17H30N2O/c1-5-6-7-8-9-10-15(19-18)17-14(3)11-13(2)12-16(17)20-4/h11-12,15,19H,5-10,18H2,1-4H3. The summed E-state index contributed by atoms with van der Waals surface area (Å²) in [5.74, 6) is 6.71. The van der Waals surface area contributed by atoms with E-state index in [-0.39, 0.29) is 6.04 Å². The molecular formula is C17H30N2O. The van der Waals surface area contributed by atoms with Gasteiger partial charge in [0.25, 0.3) is 0 Å². The van der Waals surface area contributed by atoms with Gasteiger partial charge in [0.15, 0.2) is 0 Å². The maximum Gasteiger partial charge on any atom is 0.124 e. The lowest BCUT2D eigenvalue weighted by Gasteiger charge is -2.22. The van der Waals surface area contributed by atoms with Crippen molar-refractivity contribution in [1.82, 2.24) is 5.43 Å². The Morgan fingerprint density at radius 2 is 1.85 bits per heavy atom. The van der Waals surface area contributed by atoms with Gasteiger partial charge in [-0.3, -0.25) is 11.3 Å². The number of unbranched alkanes of at least 4 members (excludes halogenated alkanes) is 4. The fraction of sp³-hybridized carbons (Fsp3) is 0.647. The van der Waals surface area contributed by atoms with Crippen LogP contribution in [0, 0.1) is 13.8 Å². The van der Waals surface area contributed by atoms with Crippen molar-refractivity contribution in [2.75, 3.05) is 7.11 Å². The molecule has 0 bridgehead atoms. The lowest BCUT2D eigenvalue weighted by molar-refractivity contribution is 0.391. The first-order chi connectivity index (χ1) is 9.63. The minimum Gasteiger partial charge on any atom is -0.496 e. The van der Waals surface area contributed by atoms with Gasteiger partial charge in [0.2, 0.25) is 0 Å². The topological polar surface area (TPSA) is 47.3 Å². The number of nitrogens with two attached hydrogens (primary N) is 1. The summed E-state index contributed by atoms with van der Waals surface area (Å²) < 4.78 is 5.54. The van der Waals surface area contributed by atoms with Crippen molar-refractivity contribution >= 4 is 0 Å². The van der Waals surface area contributed by atoms with E-state index in [0.717, 1.165) is 12.2 Å². The van der Waals surface area contributed by atoms with Crippen LogP contribution in [-0.4, -0.2) is 7.11 Å². The van der Waals surface area contributed by atoms with Crippen molar-refractivity contribution < 1.29 is 4.74 Å². The Morgan fingerprint density at radius 3 is 2.45 bits per heavy atom. The van der Waals surface area contributed by atoms with Gasteiger partial charge in [-0.25, -0.2) is 0 Å². The second kappa shape index (κ2) is 8.98. The van der Waals surface area contributed by atoms with Crippen LogP contribution in [0.1, 0.15) is 68.2 Å². The summed E-state index contributed by atoms with van der Waals surface area (Å²) in [5, 5.41) is 0. The quantitative estimate of drug-likeness (QED) is 0.405. The molecule has 114 valence electrons. The van der Waals surface area contributed by atoms with Crippen molar-refractivity contribution in [1.29, 1.82) is 0 Å². The first-order valence-corrected chi connectivity index (χ1v) is 7.75. The smallest absolute Gasteiger partial charge is 0.124 e. The van der Waals surface area contributed by atoms with Crippen LogP contribution in [0.5, 0.6) is 5.75 Å². The molecule has 1 aromatic rings. The number of hydrogen-bond acceptors (Lipinski definition) is 3. The molecule has 3 heteroatoms. The zero-order chi connectivity index (χ0) is 15.0. The van der Waals surface area contributed by atoms with E-state index in [1.165, 1.54) is 48.8 Å². The Morgan fingerprint density at radius 1 is 1.15 bits per heavy atom. The molecule has 0 aliphatic heterocycles. The van der Waals surface area contributed by atoms with Crippen LogP contribution in [0.3, 0.4) is 0 Å². The number of benzene rings is 1. The predicted octanol–water partition coefficient (Wildman–Crippen LogP) is 4.18. The molecule has 0 saturated carbocycles. The van der Waals surface area contributed by atoms with Crippen molar-refractivity contribution in [3.8, 4) is 5.75 Å². The summed E-state index contributed by atoms with van der Waals surface area (Å²) in [4.78, 5) is 0. The van der Waals surface area contributed by atoms with Crippen molar-refractivity contribution in [3.05, 3.63) is 28.8 Å². The van der Waals surface area contributed by atoms with Crippen molar-refractivity contribution in [2.45, 2.75) is 65.3 Å². The first-order valence-electron chi connectivity index (χ1n) is 7.75. The Balaban J connectivity index is 2.74. The highest BCUT2D eigenvalue weighted by atomic mass is 16.5. The second-order valence-corrected chi connectivity index (χ2v) is 5.62. The summed E-state index contributed by atoms with van der Waals surface area (Å²) >= 11 is 0. The van der Waals surface area contributed by atoms with Crippen molar-refractivity contribution in [2.24, 2.45) is 5.84 Å². The average Bonchev–Trinajstić information content (AvgIpc) is 2.43. The van der Waals surface area contributed by atoms with E-state index in [2.05, 4.69) is 38.3 Å². The van der Waals surface area contributed by atoms with E-state index >= 15 is 0 Å². The van der Waals surface area contributed by atoms with Gasteiger partial charge in [-0.1, -0.05) is 45.1 Å². The molecule has 1 aromatic carbocycles. The van der Waals surface area contributed by atoms with E-state index in [9.17, 15) is 0 Å². The van der Waals surface area contributed by atoms with E-state index in [4.69, 9.17) is 10.6 Å². The van der Waals surface area contributed by atoms with Crippen LogP contribution < -0.4 is 16.0 Å². The Hall–Kier alpha value is -1.06. The molecule has 0 spiro atoms. The van der Waals surface area contributed by atoms with Gasteiger partial charge in [0.05, 0.1) is 7.11 Å². The molecule has 20 heavy (non-hydrogen) atoms. The molecule has 0 heterocycles. The number of nitrogens with one attached hydrogen (secondary N) is 1. The SMILES string of the molecule is CCCCCCCC(NN)c1c(C)cc(C)cc1OC. The predicted molar refractivity (Wildman–Crippen MR) is 85.9 cm³/mol. The molecule has 0 fully saturated rings. The molecule has 0 aliphatic carbocycles. The highest BCUT2D eigenvalue weighted by molar-refractivity contribution is 5.45. The Kier molecular flexibility index (Phi) is 7.63. The maximum absolute atomic E-state index is 5.77. The zero-order valence-corrected chi connectivity index (χ0v) is 13.5. The number of hydrogen-bond donors (Lipinski definition) is 2. The molecule has 1 rings (SSSR count). The normalized spacial score (nSPS) is 12.4. The molecule has 0 radical (unpaired) electrons. The van der Waals surface area contributed by atoms with E-state index < -0.39 is 0 Å². The number of methoxy groups -OCH3 is 1. The van der Waals surface area contributed by atoms with Gasteiger partial charge in [0, 0.05) is 11.6 Å². The number of aryl methyl sites for hydroxylation is 2. The molecule has 3 nitrogen and oxygen atoms in total. The van der Waals surface area contributed by atoms with Crippen LogP contribution in [0.4, 0.5) is 0 Å². The van der Waals surface area contributed by atoms with Gasteiger partial charge in [-0.2, -0.15) is 0 Å². The first kappa shape index (κ1) is 17.0. The number of ether oxygens (including phenoxy) is 1. The molecule has 3 N–H and O–H groups in total. The number of hydrazine groups is 1. The summed E-state index contributed by atoms with van der Waals surface area (Å²) in [6.07, 6.45) is 7.46. The monoisotopic (exact) mass is 278 g/mol. The van der Waals surface area contributed by atoms with E-state index in [1.807, 2.05) is 0 Å². The fourth-order valence-corrected chi connectivity index (χ4v) is 2.82. The third-order valence-electron chi connectivity index (χ3n) is 3.86. The van der Waals surface area contributed by atoms with Gasteiger partial charge in [0.1, 0.15) is 5.75 Å². The average molecular weight is 278 g/mol. The van der Waals surface area contributed by atoms with Crippen molar-refractivity contribution in [3.63, 3.8) is 0 Å². The summed E-state index contributed by atoms with van der Waals surface area (Å²) in [7, 11) is 1.73. The molecule has 1 atom stereocenters. The molecule has 1 unspecified atom stereocenters. The van der Waals surface area contributed by atoms with Gasteiger partial charge >= 0.3 is 0 Å². The molecule has 0 saturated heterocycles. The summed E-state index contributed by atoms with van der Waals surface area (Å²) in [6.45, 7) is 6.46. The maximum atomic E-state index is 5.77. The highest BCUT2D eigenvalue weighted by Gasteiger charge is 2.17. The third-order valence-corrected chi connectivity index (χ3v) is 3.86. The van der Waals surface area contributed by atoms with Crippen LogP contribution in [-0.2, 0) is 0 Å². The highest BCUT2D eigenvalue weighted by Crippen LogP contribution is 2.32. The second-order valence-electron chi connectivity index (χ2n) is 5.62. The largest absolute Gasteiger partial charge is 0.496 e. The van der Waals surface area contributed by atoms with Crippen LogP contribution >= 0.6 is 0 Å². The Bertz CT molecular complexity index is 404. The Labute approximate surface area is 123 Å². The van der Waals surface area contributed by atoms with Crippen LogP contribution in [0.15, 0.2) is 12.1 Å². The molecule has 0 aliphatic rings. The van der Waals surface area contributed by atoms with Gasteiger partial charge < -0.3 is 4.74 Å². The zero-order valence-electron chi connectivity index (χ0n) is 13.5. The third kappa shape index (κ3) is 4.80. The van der Waals surface area contributed by atoms with Crippen LogP contribution in [0.25, 0.3) is 0 Å². The van der Waals surface area contributed by atoms with E-state index in [1.54, 1.807) is 7.11 Å². The minimum atomic E-state index is 0.173. The number of rotatable bonds is 9. The fourth-order valence-electron chi connectivity index (χ4n) is 2.82. The summed E-state index contributed by atoms with van der Waals surface area (Å²) in [6, 6.07) is 4.45. The molecule has 0 amide bonds.